The number of ketones is 1. The van der Waals surface area contributed by atoms with Crippen LogP contribution in [0.15, 0.2) is 54.6 Å². The van der Waals surface area contributed by atoms with E-state index in [1.54, 1.807) is 19.2 Å². The van der Waals surface area contributed by atoms with Crippen LogP contribution in [0.1, 0.15) is 22.0 Å². The van der Waals surface area contributed by atoms with Gasteiger partial charge in [-0.1, -0.05) is 42.5 Å². The van der Waals surface area contributed by atoms with Crippen LogP contribution in [0.25, 0.3) is 0 Å². The molecular formula is C19H20N2O3. The molecule has 2 aromatic rings. The second-order valence-corrected chi connectivity index (χ2v) is 5.73. The summed E-state index contributed by atoms with van der Waals surface area (Å²) >= 11 is 0. The van der Waals surface area contributed by atoms with Crippen LogP contribution in [0.2, 0.25) is 0 Å². The Morgan fingerprint density at radius 1 is 1.21 bits per heavy atom. The van der Waals surface area contributed by atoms with Crippen molar-refractivity contribution in [2.75, 3.05) is 26.7 Å². The second-order valence-electron chi connectivity index (χ2n) is 5.73. The molecule has 1 N–H and O–H groups in total. The van der Waals surface area contributed by atoms with Crippen molar-refractivity contribution in [3.8, 4) is 5.75 Å². The fourth-order valence-electron chi connectivity index (χ4n) is 2.96. The summed E-state index contributed by atoms with van der Waals surface area (Å²) in [6.07, 6.45) is 0. The molecule has 1 aliphatic rings. The Morgan fingerprint density at radius 3 is 2.75 bits per heavy atom. The first-order valence-corrected chi connectivity index (χ1v) is 7.93. The van der Waals surface area contributed by atoms with Gasteiger partial charge in [-0.3, -0.25) is 14.5 Å². The Morgan fingerprint density at radius 2 is 2.00 bits per heavy atom. The monoisotopic (exact) mass is 324 g/mol. The molecule has 1 unspecified atom stereocenters. The highest BCUT2D eigenvalue weighted by atomic mass is 16.5. The number of piperazine rings is 1. The summed E-state index contributed by atoms with van der Waals surface area (Å²) in [6, 6.07) is 16.1. The maximum Gasteiger partial charge on any atom is 0.242 e. The minimum Gasteiger partial charge on any atom is -0.497 e. The molecule has 0 spiro atoms. The maximum absolute atomic E-state index is 12.5. The number of carbonyl (C=O) groups excluding carboxylic acids is 2. The zero-order valence-corrected chi connectivity index (χ0v) is 13.6. The van der Waals surface area contributed by atoms with Gasteiger partial charge in [0.1, 0.15) is 11.8 Å². The molecule has 5 heteroatoms. The predicted octanol–water partition coefficient (Wildman–Crippen LogP) is 2.05. The third-order valence-electron chi connectivity index (χ3n) is 4.16. The quantitative estimate of drug-likeness (QED) is 0.855. The van der Waals surface area contributed by atoms with E-state index < -0.39 is 6.04 Å². The Labute approximate surface area is 141 Å². The van der Waals surface area contributed by atoms with E-state index in [2.05, 4.69) is 5.32 Å². The van der Waals surface area contributed by atoms with E-state index in [9.17, 15) is 9.59 Å². The number of methoxy groups -OCH3 is 1. The number of carbonyl (C=O) groups is 2. The standard InChI is InChI=1S/C19H20N2O3/c1-24-16-9-5-8-15(12-16)18-19(23)20-10-11-21(18)13-17(22)14-6-3-2-4-7-14/h2-9,12,18H,10-11,13H2,1H3,(H,20,23). The smallest absolute Gasteiger partial charge is 0.242 e. The average Bonchev–Trinajstić information content (AvgIpc) is 2.62. The first-order valence-electron chi connectivity index (χ1n) is 7.93. The second kappa shape index (κ2) is 7.27. The number of rotatable bonds is 5. The molecule has 3 rings (SSSR count). The Hall–Kier alpha value is -2.66. The minimum absolute atomic E-state index is 0.0122. The van der Waals surface area contributed by atoms with Crippen molar-refractivity contribution in [3.05, 3.63) is 65.7 Å². The lowest BCUT2D eigenvalue weighted by Crippen LogP contribution is -2.51. The van der Waals surface area contributed by atoms with Gasteiger partial charge in [-0.15, -0.1) is 0 Å². The highest BCUT2D eigenvalue weighted by Crippen LogP contribution is 2.26. The van der Waals surface area contributed by atoms with Gasteiger partial charge in [0.15, 0.2) is 5.78 Å². The Kier molecular flexibility index (Phi) is 4.91. The number of nitrogens with zero attached hydrogens (tertiary/aromatic N) is 1. The number of hydrogen-bond acceptors (Lipinski definition) is 4. The van der Waals surface area contributed by atoms with Crippen molar-refractivity contribution >= 4 is 11.7 Å². The SMILES string of the molecule is COc1cccc(C2C(=O)NCCN2CC(=O)c2ccccc2)c1. The van der Waals surface area contributed by atoms with E-state index >= 15 is 0 Å². The van der Waals surface area contributed by atoms with Gasteiger partial charge in [0.05, 0.1) is 13.7 Å². The van der Waals surface area contributed by atoms with E-state index in [0.717, 1.165) is 5.56 Å². The van der Waals surface area contributed by atoms with Crippen LogP contribution in [-0.4, -0.2) is 43.3 Å². The molecule has 1 saturated heterocycles. The third-order valence-corrected chi connectivity index (χ3v) is 4.16. The van der Waals surface area contributed by atoms with Gasteiger partial charge in [0.2, 0.25) is 5.91 Å². The van der Waals surface area contributed by atoms with Crippen LogP contribution in [0.4, 0.5) is 0 Å². The molecule has 124 valence electrons. The molecular weight excluding hydrogens is 304 g/mol. The third kappa shape index (κ3) is 3.46. The molecule has 1 fully saturated rings. The molecule has 0 bridgehead atoms. The topological polar surface area (TPSA) is 58.6 Å². The zero-order valence-electron chi connectivity index (χ0n) is 13.6. The molecule has 2 aromatic carbocycles. The van der Waals surface area contributed by atoms with Crippen molar-refractivity contribution in [1.29, 1.82) is 0 Å². The van der Waals surface area contributed by atoms with Crippen molar-refractivity contribution in [3.63, 3.8) is 0 Å². The summed E-state index contributed by atoms with van der Waals surface area (Å²) in [6.45, 7) is 1.38. The highest BCUT2D eigenvalue weighted by Gasteiger charge is 2.32. The fraction of sp³-hybridized carbons (Fsp3) is 0.263. The van der Waals surface area contributed by atoms with Gasteiger partial charge in [-0.05, 0) is 17.7 Å². The molecule has 0 aromatic heterocycles. The van der Waals surface area contributed by atoms with Crippen LogP contribution in [0.5, 0.6) is 5.75 Å². The van der Waals surface area contributed by atoms with Crippen LogP contribution < -0.4 is 10.1 Å². The normalized spacial score (nSPS) is 18.0. The minimum atomic E-state index is -0.485. The van der Waals surface area contributed by atoms with E-state index in [1.807, 2.05) is 47.4 Å². The summed E-state index contributed by atoms with van der Waals surface area (Å²) in [5, 5.41) is 2.88. The number of hydrogen-bond donors (Lipinski definition) is 1. The van der Waals surface area contributed by atoms with Crippen LogP contribution >= 0.6 is 0 Å². The van der Waals surface area contributed by atoms with Gasteiger partial charge in [0, 0.05) is 18.7 Å². The molecule has 5 nitrogen and oxygen atoms in total. The fourth-order valence-corrected chi connectivity index (χ4v) is 2.96. The molecule has 0 aliphatic carbocycles. The van der Waals surface area contributed by atoms with E-state index in [0.29, 0.717) is 24.4 Å². The van der Waals surface area contributed by atoms with Gasteiger partial charge >= 0.3 is 0 Å². The summed E-state index contributed by atoms with van der Waals surface area (Å²) in [5.41, 5.74) is 1.49. The lowest BCUT2D eigenvalue weighted by molar-refractivity contribution is -0.128. The van der Waals surface area contributed by atoms with Gasteiger partial charge in [-0.2, -0.15) is 0 Å². The Balaban J connectivity index is 1.84. The predicted molar refractivity (Wildman–Crippen MR) is 91.1 cm³/mol. The number of ether oxygens (including phenoxy) is 1. The number of benzene rings is 2. The molecule has 1 atom stereocenters. The average molecular weight is 324 g/mol. The molecule has 24 heavy (non-hydrogen) atoms. The highest BCUT2D eigenvalue weighted by molar-refractivity contribution is 5.98. The zero-order chi connectivity index (χ0) is 16.9. The van der Waals surface area contributed by atoms with Crippen molar-refractivity contribution < 1.29 is 14.3 Å². The number of amides is 1. The summed E-state index contributed by atoms with van der Waals surface area (Å²) < 4.78 is 5.25. The summed E-state index contributed by atoms with van der Waals surface area (Å²) in [5.74, 6) is 0.619. The van der Waals surface area contributed by atoms with Gasteiger partial charge in [-0.25, -0.2) is 0 Å². The molecule has 1 heterocycles. The van der Waals surface area contributed by atoms with E-state index in [4.69, 9.17) is 4.74 Å². The largest absolute Gasteiger partial charge is 0.497 e. The van der Waals surface area contributed by atoms with Gasteiger partial charge < -0.3 is 10.1 Å². The first kappa shape index (κ1) is 16.2. The van der Waals surface area contributed by atoms with E-state index in [1.165, 1.54) is 0 Å². The molecule has 0 saturated carbocycles. The van der Waals surface area contributed by atoms with Crippen molar-refractivity contribution in [2.24, 2.45) is 0 Å². The van der Waals surface area contributed by atoms with E-state index in [-0.39, 0.29) is 18.2 Å². The lowest BCUT2D eigenvalue weighted by atomic mass is 10.0. The lowest BCUT2D eigenvalue weighted by Gasteiger charge is -2.34. The van der Waals surface area contributed by atoms with Crippen LogP contribution in [0.3, 0.4) is 0 Å². The molecule has 0 radical (unpaired) electrons. The first-order chi connectivity index (χ1) is 11.7. The number of nitrogens with one attached hydrogen (secondary N) is 1. The van der Waals surface area contributed by atoms with Crippen LogP contribution in [-0.2, 0) is 4.79 Å². The Bertz CT molecular complexity index is 730. The summed E-state index contributed by atoms with van der Waals surface area (Å²) in [4.78, 5) is 26.9. The summed E-state index contributed by atoms with van der Waals surface area (Å²) in [7, 11) is 1.59. The maximum atomic E-state index is 12.5. The molecule has 1 amide bonds. The van der Waals surface area contributed by atoms with Crippen molar-refractivity contribution in [1.82, 2.24) is 10.2 Å². The van der Waals surface area contributed by atoms with Crippen LogP contribution in [0, 0.1) is 0 Å². The van der Waals surface area contributed by atoms with Gasteiger partial charge in [0.25, 0.3) is 0 Å². The number of Topliss-reactive ketones (excluding diaryl/α,β-unsaturated/α-hetero) is 1. The molecule has 1 aliphatic heterocycles. The van der Waals surface area contributed by atoms with Crippen molar-refractivity contribution in [2.45, 2.75) is 6.04 Å².